The van der Waals surface area contributed by atoms with Gasteiger partial charge < -0.3 is 24.6 Å². The number of carbonyl (C=O) groups excluding carboxylic acids is 1. The summed E-state index contributed by atoms with van der Waals surface area (Å²) < 4.78 is 43.5. The van der Waals surface area contributed by atoms with Gasteiger partial charge in [0.2, 0.25) is 9.84 Å². The van der Waals surface area contributed by atoms with Crippen molar-refractivity contribution in [3.05, 3.63) is 40.8 Å². The van der Waals surface area contributed by atoms with E-state index in [1.165, 1.54) is 18.2 Å². The Balaban J connectivity index is 1.98. The highest BCUT2D eigenvalue weighted by atomic mass is 32.2. The summed E-state index contributed by atoms with van der Waals surface area (Å²) in [6.07, 6.45) is -2.50. The second kappa shape index (κ2) is 7.64. The summed E-state index contributed by atoms with van der Waals surface area (Å²) in [6, 6.07) is 5.25. The van der Waals surface area contributed by atoms with Crippen LogP contribution in [0.3, 0.4) is 0 Å². The van der Waals surface area contributed by atoms with Crippen LogP contribution in [0.2, 0.25) is 0 Å². The molecular formula is C21H29NO7S. The maximum Gasteiger partial charge on any atom is 0.408 e. The first-order valence-electron chi connectivity index (χ1n) is 9.76. The summed E-state index contributed by atoms with van der Waals surface area (Å²) >= 11 is 0. The number of aryl methyl sites for hydroxylation is 1. The number of carbonyl (C=O) groups is 1. The molecule has 1 aliphatic heterocycles. The number of nitrogens with one attached hydrogen (secondary N) is 1. The van der Waals surface area contributed by atoms with E-state index >= 15 is 0 Å². The molecular weight excluding hydrogens is 410 g/mol. The lowest BCUT2D eigenvalue weighted by Crippen LogP contribution is -2.58. The SMILES string of the molecule is Cc1ccc(S(=O)(=O)C2=C[C@H]3OC(C)(C)O[C@H]3[C@@H](NC(=O)OC(C)(C)C)[C@H]2O)cc1. The van der Waals surface area contributed by atoms with E-state index in [2.05, 4.69) is 5.32 Å². The highest BCUT2D eigenvalue weighted by Gasteiger charge is 2.53. The van der Waals surface area contributed by atoms with Gasteiger partial charge in [0.15, 0.2) is 5.79 Å². The van der Waals surface area contributed by atoms with Gasteiger partial charge in [-0.05, 0) is 59.8 Å². The molecule has 2 aliphatic rings. The van der Waals surface area contributed by atoms with E-state index in [0.717, 1.165) is 5.56 Å². The second-order valence-corrected chi connectivity index (χ2v) is 11.0. The third-order valence-corrected chi connectivity index (χ3v) is 6.69. The molecule has 9 heteroatoms. The third kappa shape index (κ3) is 4.69. The standard InChI is InChI=1S/C21H29NO7S/c1-12-7-9-13(10-8-12)30(25,26)15-11-14-18(28-21(5,6)27-14)16(17(15)23)22-19(24)29-20(2,3)4/h7-11,14,16-18,23H,1-6H3,(H,22,24)/t14-,16+,17+,18-/m1/s1. The number of fused-ring (bicyclic) bond motifs is 1. The smallest absolute Gasteiger partial charge is 0.408 e. The van der Waals surface area contributed by atoms with Crippen molar-refractivity contribution in [1.29, 1.82) is 0 Å². The van der Waals surface area contributed by atoms with Gasteiger partial charge in [0.1, 0.15) is 23.9 Å². The topological polar surface area (TPSA) is 111 Å². The van der Waals surface area contributed by atoms with Crippen molar-refractivity contribution >= 4 is 15.9 Å². The summed E-state index contributed by atoms with van der Waals surface area (Å²) in [4.78, 5) is 12.2. The minimum Gasteiger partial charge on any atom is -0.444 e. The van der Waals surface area contributed by atoms with Gasteiger partial charge in [0.05, 0.1) is 15.8 Å². The van der Waals surface area contributed by atoms with Crippen LogP contribution in [0.15, 0.2) is 40.1 Å². The van der Waals surface area contributed by atoms with Crippen LogP contribution in [0.5, 0.6) is 0 Å². The monoisotopic (exact) mass is 439 g/mol. The molecule has 1 saturated heterocycles. The molecule has 3 rings (SSSR count). The number of ether oxygens (including phenoxy) is 3. The minimum absolute atomic E-state index is 0.0473. The zero-order valence-electron chi connectivity index (χ0n) is 18.0. The van der Waals surface area contributed by atoms with Crippen LogP contribution in [0.4, 0.5) is 4.79 Å². The van der Waals surface area contributed by atoms with Crippen LogP contribution in [0.25, 0.3) is 0 Å². The van der Waals surface area contributed by atoms with Crippen LogP contribution < -0.4 is 5.32 Å². The van der Waals surface area contributed by atoms with E-state index in [0.29, 0.717) is 0 Å². The fourth-order valence-corrected chi connectivity index (χ4v) is 5.09. The maximum absolute atomic E-state index is 13.3. The van der Waals surface area contributed by atoms with Crippen molar-refractivity contribution in [1.82, 2.24) is 5.32 Å². The van der Waals surface area contributed by atoms with Crippen LogP contribution in [0, 0.1) is 6.92 Å². The van der Waals surface area contributed by atoms with Crippen LogP contribution in [0.1, 0.15) is 40.2 Å². The normalized spacial score (nSPS) is 28.4. The van der Waals surface area contributed by atoms with Gasteiger partial charge in [-0.25, -0.2) is 13.2 Å². The van der Waals surface area contributed by atoms with E-state index in [1.807, 2.05) is 6.92 Å². The Labute approximate surface area is 177 Å². The van der Waals surface area contributed by atoms with Crippen molar-refractivity contribution in [2.45, 2.75) is 82.2 Å². The molecule has 1 aliphatic carbocycles. The number of hydrogen-bond donors (Lipinski definition) is 2. The molecule has 0 radical (unpaired) electrons. The number of amides is 1. The van der Waals surface area contributed by atoms with Gasteiger partial charge >= 0.3 is 6.09 Å². The second-order valence-electron chi connectivity index (χ2n) is 9.07. The number of aliphatic hydroxyl groups is 1. The number of rotatable bonds is 3. The quantitative estimate of drug-likeness (QED) is 0.744. The van der Waals surface area contributed by atoms with Gasteiger partial charge in [0.25, 0.3) is 0 Å². The molecule has 0 spiro atoms. The molecule has 0 aromatic heterocycles. The predicted octanol–water partition coefficient (Wildman–Crippen LogP) is 2.44. The van der Waals surface area contributed by atoms with Crippen LogP contribution in [-0.4, -0.2) is 55.4 Å². The summed E-state index contributed by atoms with van der Waals surface area (Å²) in [5.41, 5.74) is 0.146. The summed E-state index contributed by atoms with van der Waals surface area (Å²) in [5, 5.41) is 13.6. The average molecular weight is 440 g/mol. The summed E-state index contributed by atoms with van der Waals surface area (Å²) in [7, 11) is -4.02. The molecule has 1 heterocycles. The van der Waals surface area contributed by atoms with E-state index in [-0.39, 0.29) is 9.80 Å². The van der Waals surface area contributed by atoms with Crippen LogP contribution in [-0.2, 0) is 24.0 Å². The zero-order valence-corrected chi connectivity index (χ0v) is 18.8. The lowest BCUT2D eigenvalue weighted by molar-refractivity contribution is -0.147. The zero-order chi connectivity index (χ0) is 22.5. The average Bonchev–Trinajstić information content (AvgIpc) is 2.90. The summed E-state index contributed by atoms with van der Waals surface area (Å²) in [6.45, 7) is 10.3. The van der Waals surface area contributed by atoms with Gasteiger partial charge in [0, 0.05) is 0 Å². The fraction of sp³-hybridized carbons (Fsp3) is 0.571. The van der Waals surface area contributed by atoms with Crippen molar-refractivity contribution in [3.8, 4) is 0 Å². The number of aliphatic hydroxyl groups excluding tert-OH is 1. The van der Waals surface area contributed by atoms with Gasteiger partial charge in [-0.3, -0.25) is 0 Å². The Hall–Kier alpha value is -1.94. The first-order chi connectivity index (χ1) is 13.7. The first-order valence-corrected chi connectivity index (χ1v) is 11.2. The Bertz CT molecular complexity index is 945. The van der Waals surface area contributed by atoms with E-state index in [1.54, 1.807) is 46.8 Å². The molecule has 2 N–H and O–H groups in total. The molecule has 8 nitrogen and oxygen atoms in total. The molecule has 1 amide bonds. The Morgan fingerprint density at radius 2 is 1.77 bits per heavy atom. The first kappa shape index (κ1) is 22.7. The molecule has 0 saturated carbocycles. The fourth-order valence-electron chi connectivity index (χ4n) is 3.55. The van der Waals surface area contributed by atoms with Crippen molar-refractivity contribution in [2.24, 2.45) is 0 Å². The number of benzene rings is 1. The molecule has 4 atom stereocenters. The van der Waals surface area contributed by atoms with Crippen molar-refractivity contribution in [3.63, 3.8) is 0 Å². The Kier molecular flexibility index (Phi) is 5.79. The predicted molar refractivity (Wildman–Crippen MR) is 109 cm³/mol. The van der Waals surface area contributed by atoms with Gasteiger partial charge in [-0.15, -0.1) is 0 Å². The van der Waals surface area contributed by atoms with Crippen LogP contribution >= 0.6 is 0 Å². The number of alkyl carbamates (subject to hydrolysis) is 1. The molecule has 0 unspecified atom stereocenters. The van der Waals surface area contributed by atoms with E-state index < -0.39 is 51.7 Å². The Morgan fingerprint density at radius 1 is 1.17 bits per heavy atom. The van der Waals surface area contributed by atoms with E-state index in [9.17, 15) is 18.3 Å². The van der Waals surface area contributed by atoms with Crippen molar-refractivity contribution < 1.29 is 32.5 Å². The third-order valence-electron chi connectivity index (χ3n) is 4.80. The Morgan fingerprint density at radius 3 is 2.33 bits per heavy atom. The van der Waals surface area contributed by atoms with E-state index in [4.69, 9.17) is 14.2 Å². The minimum atomic E-state index is -4.02. The van der Waals surface area contributed by atoms with Gasteiger partial charge in [-0.1, -0.05) is 17.7 Å². The number of hydrogen-bond acceptors (Lipinski definition) is 7. The molecule has 1 aromatic rings. The number of sulfone groups is 1. The highest BCUT2D eigenvalue weighted by molar-refractivity contribution is 7.95. The lowest BCUT2D eigenvalue weighted by atomic mass is 9.93. The van der Waals surface area contributed by atoms with Gasteiger partial charge in [-0.2, -0.15) is 0 Å². The highest BCUT2D eigenvalue weighted by Crippen LogP contribution is 2.39. The summed E-state index contributed by atoms with van der Waals surface area (Å²) in [5.74, 6) is -1.01. The molecule has 166 valence electrons. The largest absolute Gasteiger partial charge is 0.444 e. The maximum atomic E-state index is 13.3. The molecule has 1 aromatic carbocycles. The van der Waals surface area contributed by atoms with Crippen molar-refractivity contribution in [2.75, 3.05) is 0 Å². The lowest BCUT2D eigenvalue weighted by Gasteiger charge is -2.35. The molecule has 1 fully saturated rings. The molecule has 0 bridgehead atoms. The molecule has 30 heavy (non-hydrogen) atoms.